The van der Waals surface area contributed by atoms with Gasteiger partial charge in [0.25, 0.3) is 0 Å². The van der Waals surface area contributed by atoms with Gasteiger partial charge in [0.2, 0.25) is 0 Å². The van der Waals surface area contributed by atoms with Crippen molar-refractivity contribution in [2.45, 2.75) is 25.9 Å². The molecule has 3 unspecified atom stereocenters. The van der Waals surface area contributed by atoms with Crippen molar-refractivity contribution in [3.8, 4) is 0 Å². The monoisotopic (exact) mass is 154 g/mol. The summed E-state index contributed by atoms with van der Waals surface area (Å²) >= 11 is 0. The van der Waals surface area contributed by atoms with Gasteiger partial charge in [0, 0.05) is 12.3 Å². The van der Waals surface area contributed by atoms with Crippen LogP contribution in [0.15, 0.2) is 0 Å². The van der Waals surface area contributed by atoms with Crippen molar-refractivity contribution >= 4 is 11.8 Å². The van der Waals surface area contributed by atoms with Gasteiger partial charge >= 0.3 is 5.97 Å². The van der Waals surface area contributed by atoms with Crippen molar-refractivity contribution in [3.05, 3.63) is 0 Å². The van der Waals surface area contributed by atoms with Crippen molar-refractivity contribution in [3.63, 3.8) is 0 Å². The molecule has 3 atom stereocenters. The third kappa shape index (κ3) is 0.800. The predicted octanol–water partition coefficient (Wildman–Crippen LogP) is 0.527. The number of hydrogen-bond donors (Lipinski definition) is 0. The summed E-state index contributed by atoms with van der Waals surface area (Å²) in [5.74, 6) is -0.464. The number of cyclic esters (lactones) is 1. The van der Waals surface area contributed by atoms with Gasteiger partial charge in [-0.3, -0.25) is 9.59 Å². The molecule has 0 amide bonds. The molecule has 2 rings (SSSR count). The van der Waals surface area contributed by atoms with Gasteiger partial charge in [-0.25, -0.2) is 0 Å². The topological polar surface area (TPSA) is 43.4 Å². The first-order valence-corrected chi connectivity index (χ1v) is 3.93. The molecular weight excluding hydrogens is 144 g/mol. The van der Waals surface area contributed by atoms with Crippen LogP contribution in [0.3, 0.4) is 0 Å². The molecule has 2 fully saturated rings. The minimum absolute atomic E-state index is 0.0426. The molecule has 0 N–H and O–H groups in total. The van der Waals surface area contributed by atoms with Crippen LogP contribution in [0.2, 0.25) is 0 Å². The SMILES string of the molecule is CC1OC(=O)C2C(=O)CCC12. The highest BCUT2D eigenvalue weighted by Gasteiger charge is 2.50. The Balaban J connectivity index is 2.28. The molecule has 2 aliphatic rings. The van der Waals surface area contributed by atoms with Crippen LogP contribution >= 0.6 is 0 Å². The van der Waals surface area contributed by atoms with E-state index in [2.05, 4.69) is 0 Å². The summed E-state index contributed by atoms with van der Waals surface area (Å²) in [5.41, 5.74) is 0. The van der Waals surface area contributed by atoms with E-state index in [1.807, 2.05) is 6.92 Å². The van der Waals surface area contributed by atoms with Crippen LogP contribution < -0.4 is 0 Å². The minimum Gasteiger partial charge on any atom is -0.462 e. The highest BCUT2D eigenvalue weighted by atomic mass is 16.6. The molecule has 0 aromatic rings. The number of fused-ring (bicyclic) bond motifs is 1. The lowest BCUT2D eigenvalue weighted by atomic mass is 9.95. The molecule has 0 spiro atoms. The Morgan fingerprint density at radius 3 is 2.82 bits per heavy atom. The van der Waals surface area contributed by atoms with Crippen LogP contribution in [-0.4, -0.2) is 17.9 Å². The first-order chi connectivity index (χ1) is 5.20. The zero-order chi connectivity index (χ0) is 8.01. The smallest absolute Gasteiger partial charge is 0.317 e. The zero-order valence-electron chi connectivity index (χ0n) is 6.37. The molecule has 3 nitrogen and oxygen atoms in total. The van der Waals surface area contributed by atoms with Crippen molar-refractivity contribution in [2.24, 2.45) is 11.8 Å². The van der Waals surface area contributed by atoms with E-state index in [9.17, 15) is 9.59 Å². The Morgan fingerprint density at radius 1 is 1.45 bits per heavy atom. The summed E-state index contributed by atoms with van der Waals surface area (Å²) in [6, 6.07) is 0. The maximum atomic E-state index is 11.1. The first kappa shape index (κ1) is 6.83. The molecule has 0 radical (unpaired) electrons. The number of carbonyl (C=O) groups is 2. The van der Waals surface area contributed by atoms with Crippen molar-refractivity contribution in [1.29, 1.82) is 0 Å². The fourth-order valence-electron chi connectivity index (χ4n) is 2.03. The summed E-state index contributed by atoms with van der Waals surface area (Å²) in [6.07, 6.45) is 1.35. The van der Waals surface area contributed by atoms with Gasteiger partial charge in [-0.15, -0.1) is 0 Å². The Kier molecular flexibility index (Phi) is 1.28. The fraction of sp³-hybridized carbons (Fsp3) is 0.750. The lowest BCUT2D eigenvalue weighted by molar-refractivity contribution is -0.146. The predicted molar refractivity (Wildman–Crippen MR) is 36.8 cm³/mol. The number of carbonyl (C=O) groups excluding carboxylic acids is 2. The van der Waals surface area contributed by atoms with Crippen molar-refractivity contribution < 1.29 is 14.3 Å². The maximum Gasteiger partial charge on any atom is 0.317 e. The number of esters is 1. The van der Waals surface area contributed by atoms with E-state index in [0.717, 1.165) is 6.42 Å². The van der Waals surface area contributed by atoms with Crippen molar-refractivity contribution in [1.82, 2.24) is 0 Å². The number of rotatable bonds is 0. The van der Waals surface area contributed by atoms with Gasteiger partial charge in [0.05, 0.1) is 0 Å². The van der Waals surface area contributed by atoms with E-state index < -0.39 is 5.92 Å². The molecule has 1 saturated heterocycles. The Morgan fingerprint density at radius 2 is 2.18 bits per heavy atom. The first-order valence-electron chi connectivity index (χ1n) is 3.93. The lowest BCUT2D eigenvalue weighted by Crippen LogP contribution is -2.17. The summed E-state index contributed by atoms with van der Waals surface area (Å²) in [6.45, 7) is 1.86. The summed E-state index contributed by atoms with van der Waals surface area (Å²) in [7, 11) is 0. The van der Waals surface area contributed by atoms with Crippen LogP contribution in [0.4, 0.5) is 0 Å². The third-order valence-corrected chi connectivity index (χ3v) is 2.66. The summed E-state index contributed by atoms with van der Waals surface area (Å²) < 4.78 is 4.94. The lowest BCUT2D eigenvalue weighted by Gasteiger charge is -2.07. The van der Waals surface area contributed by atoms with Crippen LogP contribution in [0.25, 0.3) is 0 Å². The number of Topliss-reactive ketones (excluding diaryl/α,β-unsaturated/α-hetero) is 1. The molecule has 3 heteroatoms. The normalized spacial score (nSPS) is 42.5. The standard InChI is InChI=1S/C8H10O3/c1-4-5-2-3-6(9)7(5)8(10)11-4/h4-5,7H,2-3H2,1H3. The average Bonchev–Trinajstić information content (AvgIpc) is 2.41. The highest BCUT2D eigenvalue weighted by Crippen LogP contribution is 2.38. The Hall–Kier alpha value is -0.860. The zero-order valence-corrected chi connectivity index (χ0v) is 6.37. The van der Waals surface area contributed by atoms with Crippen LogP contribution in [0, 0.1) is 11.8 Å². The largest absolute Gasteiger partial charge is 0.462 e. The van der Waals surface area contributed by atoms with Crippen LogP contribution in [0.1, 0.15) is 19.8 Å². The third-order valence-electron chi connectivity index (χ3n) is 2.66. The Labute approximate surface area is 64.7 Å². The van der Waals surface area contributed by atoms with E-state index in [0.29, 0.717) is 6.42 Å². The molecule has 1 heterocycles. The molecule has 0 aromatic heterocycles. The second-order valence-electron chi connectivity index (χ2n) is 3.29. The molecule has 1 aliphatic carbocycles. The fourth-order valence-corrected chi connectivity index (χ4v) is 2.03. The van der Waals surface area contributed by atoms with E-state index in [-0.39, 0.29) is 23.8 Å². The minimum atomic E-state index is -0.412. The van der Waals surface area contributed by atoms with E-state index in [4.69, 9.17) is 4.74 Å². The van der Waals surface area contributed by atoms with Gasteiger partial charge in [0.15, 0.2) is 0 Å². The van der Waals surface area contributed by atoms with Gasteiger partial charge < -0.3 is 4.74 Å². The van der Waals surface area contributed by atoms with Crippen LogP contribution in [0.5, 0.6) is 0 Å². The summed E-state index contributed by atoms with van der Waals surface area (Å²) in [4.78, 5) is 22.1. The van der Waals surface area contributed by atoms with Gasteiger partial charge in [0.1, 0.15) is 17.8 Å². The second kappa shape index (κ2) is 2.06. The number of hydrogen-bond acceptors (Lipinski definition) is 3. The molecule has 0 aromatic carbocycles. The van der Waals surface area contributed by atoms with Gasteiger partial charge in [-0.05, 0) is 13.3 Å². The summed E-state index contributed by atoms with van der Waals surface area (Å²) in [5, 5.41) is 0. The molecule has 0 bridgehead atoms. The van der Waals surface area contributed by atoms with Crippen molar-refractivity contribution in [2.75, 3.05) is 0 Å². The molecule has 60 valence electrons. The quantitative estimate of drug-likeness (QED) is 0.377. The number of ether oxygens (including phenoxy) is 1. The Bertz CT molecular complexity index is 221. The van der Waals surface area contributed by atoms with E-state index in [1.165, 1.54) is 0 Å². The highest BCUT2D eigenvalue weighted by molar-refractivity contribution is 6.02. The average molecular weight is 154 g/mol. The maximum absolute atomic E-state index is 11.1. The molecule has 1 aliphatic heterocycles. The molecule has 11 heavy (non-hydrogen) atoms. The number of ketones is 1. The van der Waals surface area contributed by atoms with E-state index in [1.54, 1.807) is 0 Å². The molecule has 1 saturated carbocycles. The van der Waals surface area contributed by atoms with E-state index >= 15 is 0 Å². The van der Waals surface area contributed by atoms with Gasteiger partial charge in [-0.2, -0.15) is 0 Å². The van der Waals surface area contributed by atoms with Crippen LogP contribution in [-0.2, 0) is 14.3 Å². The van der Waals surface area contributed by atoms with Gasteiger partial charge in [-0.1, -0.05) is 0 Å². The second-order valence-corrected chi connectivity index (χ2v) is 3.29. The molecular formula is C8H10O3.